The summed E-state index contributed by atoms with van der Waals surface area (Å²) < 4.78 is 24.1. The number of carbonyl (C=O) groups is 1. The number of aliphatic carboxylic acids is 1. The molecule has 0 unspecified atom stereocenters. The predicted octanol–water partition coefficient (Wildman–Crippen LogP) is 4.45. The van der Waals surface area contributed by atoms with Gasteiger partial charge in [0.15, 0.2) is 0 Å². The molecular formula is C14H29O5P. The largest absolute Gasteiger partial charge is 0.481 e. The second-order valence-electron chi connectivity index (χ2n) is 6.95. The first-order chi connectivity index (χ1) is 8.83. The molecule has 0 aromatic carbocycles. The molecule has 0 rings (SSSR count). The highest BCUT2D eigenvalue weighted by molar-refractivity contribution is 7.53. The van der Waals surface area contributed by atoms with Gasteiger partial charge in [-0.15, -0.1) is 0 Å². The molecule has 0 aromatic rings. The van der Waals surface area contributed by atoms with Crippen LogP contribution < -0.4 is 0 Å². The maximum Gasteiger partial charge on any atom is 0.331 e. The van der Waals surface area contributed by atoms with Gasteiger partial charge in [0.1, 0.15) is 0 Å². The fraction of sp³-hybridized carbons (Fsp3) is 0.929. The molecule has 1 N–H and O–H groups in total. The van der Waals surface area contributed by atoms with Crippen molar-refractivity contribution in [2.45, 2.75) is 78.4 Å². The van der Waals surface area contributed by atoms with Crippen molar-refractivity contribution in [2.24, 2.45) is 0 Å². The predicted molar refractivity (Wildman–Crippen MR) is 80.3 cm³/mol. The topological polar surface area (TPSA) is 72.8 Å². The fourth-order valence-corrected chi connectivity index (χ4v) is 4.20. The van der Waals surface area contributed by atoms with Crippen LogP contribution >= 0.6 is 7.60 Å². The minimum Gasteiger partial charge on any atom is -0.481 e. The maximum absolute atomic E-state index is 12.8. The molecule has 0 spiro atoms. The molecule has 0 atom stereocenters. The molecule has 0 saturated carbocycles. The quantitative estimate of drug-likeness (QED) is 0.529. The van der Waals surface area contributed by atoms with Crippen LogP contribution in [0.1, 0.15) is 67.2 Å². The van der Waals surface area contributed by atoms with Gasteiger partial charge in [-0.3, -0.25) is 9.36 Å². The van der Waals surface area contributed by atoms with Crippen molar-refractivity contribution in [2.75, 3.05) is 6.16 Å². The number of unbranched alkanes of at least 4 members (excludes halogenated alkanes) is 2. The zero-order valence-corrected chi connectivity index (χ0v) is 14.5. The lowest BCUT2D eigenvalue weighted by atomic mass is 10.2. The molecule has 0 amide bonds. The second-order valence-corrected chi connectivity index (χ2v) is 8.98. The summed E-state index contributed by atoms with van der Waals surface area (Å²) in [5.74, 6) is -0.801. The Kier molecular flexibility index (Phi) is 7.43. The van der Waals surface area contributed by atoms with Crippen molar-refractivity contribution in [1.29, 1.82) is 0 Å². The van der Waals surface area contributed by atoms with Crippen LogP contribution in [0.4, 0.5) is 0 Å². The first-order valence-electron chi connectivity index (χ1n) is 7.05. The lowest BCUT2D eigenvalue weighted by Crippen LogP contribution is -2.24. The zero-order valence-electron chi connectivity index (χ0n) is 13.6. The molecule has 0 aliphatic carbocycles. The average Bonchev–Trinajstić information content (AvgIpc) is 2.09. The van der Waals surface area contributed by atoms with E-state index in [0.29, 0.717) is 25.4 Å². The molecule has 0 heterocycles. The highest BCUT2D eigenvalue weighted by Crippen LogP contribution is 2.54. The Labute approximate surface area is 122 Å². The second kappa shape index (κ2) is 7.58. The Balaban J connectivity index is 4.47. The minimum atomic E-state index is -3.17. The molecule has 0 radical (unpaired) electrons. The van der Waals surface area contributed by atoms with E-state index in [9.17, 15) is 9.36 Å². The summed E-state index contributed by atoms with van der Waals surface area (Å²) in [4.78, 5) is 10.4. The van der Waals surface area contributed by atoms with Gasteiger partial charge in [-0.25, -0.2) is 0 Å². The zero-order chi connectivity index (χ0) is 16.0. The fourth-order valence-electron chi connectivity index (χ4n) is 1.70. The smallest absolute Gasteiger partial charge is 0.331 e. The molecule has 0 fully saturated rings. The van der Waals surface area contributed by atoms with E-state index in [1.807, 2.05) is 41.5 Å². The number of hydrogen-bond acceptors (Lipinski definition) is 4. The lowest BCUT2D eigenvalue weighted by Gasteiger charge is -2.32. The third-order valence-electron chi connectivity index (χ3n) is 2.15. The van der Waals surface area contributed by atoms with Crippen molar-refractivity contribution in [1.82, 2.24) is 0 Å². The van der Waals surface area contributed by atoms with Crippen LogP contribution in [-0.2, 0) is 18.4 Å². The van der Waals surface area contributed by atoms with E-state index < -0.39 is 24.8 Å². The molecular weight excluding hydrogens is 279 g/mol. The number of carboxylic acid groups (broad SMARTS) is 1. The summed E-state index contributed by atoms with van der Waals surface area (Å²) in [6.07, 6.45) is 2.39. The Morgan fingerprint density at radius 2 is 1.40 bits per heavy atom. The number of carboxylic acids is 1. The summed E-state index contributed by atoms with van der Waals surface area (Å²) in [6, 6.07) is 0. The van der Waals surface area contributed by atoms with Crippen LogP contribution in [0, 0.1) is 0 Å². The van der Waals surface area contributed by atoms with Gasteiger partial charge >= 0.3 is 13.6 Å². The van der Waals surface area contributed by atoms with E-state index in [1.54, 1.807) is 0 Å². The van der Waals surface area contributed by atoms with E-state index >= 15 is 0 Å². The molecule has 20 heavy (non-hydrogen) atoms. The van der Waals surface area contributed by atoms with Crippen LogP contribution in [0.3, 0.4) is 0 Å². The highest BCUT2D eigenvalue weighted by Gasteiger charge is 2.34. The van der Waals surface area contributed by atoms with Crippen molar-refractivity contribution < 1.29 is 23.5 Å². The van der Waals surface area contributed by atoms with Crippen LogP contribution in [0.15, 0.2) is 0 Å². The van der Waals surface area contributed by atoms with Crippen molar-refractivity contribution in [3.63, 3.8) is 0 Å². The number of rotatable bonds is 8. The highest BCUT2D eigenvalue weighted by atomic mass is 31.2. The Hall–Kier alpha value is -0.380. The van der Waals surface area contributed by atoms with Gasteiger partial charge in [-0.05, 0) is 54.4 Å². The van der Waals surface area contributed by atoms with Gasteiger partial charge in [0.2, 0.25) is 0 Å². The van der Waals surface area contributed by atoms with Crippen molar-refractivity contribution in [3.05, 3.63) is 0 Å². The average molecular weight is 308 g/mol. The van der Waals surface area contributed by atoms with Gasteiger partial charge in [0.25, 0.3) is 0 Å². The third-order valence-corrected chi connectivity index (χ3v) is 4.66. The van der Waals surface area contributed by atoms with Gasteiger partial charge < -0.3 is 14.2 Å². The van der Waals surface area contributed by atoms with Crippen LogP contribution in [0.2, 0.25) is 0 Å². The molecule has 6 heteroatoms. The van der Waals surface area contributed by atoms with Crippen molar-refractivity contribution >= 4 is 13.6 Å². The van der Waals surface area contributed by atoms with Crippen LogP contribution in [0.25, 0.3) is 0 Å². The Morgan fingerprint density at radius 3 is 1.75 bits per heavy atom. The number of hydrogen-bond donors (Lipinski definition) is 1. The Morgan fingerprint density at radius 1 is 0.950 bits per heavy atom. The molecule has 0 aliphatic heterocycles. The first kappa shape index (κ1) is 19.6. The normalized spacial score (nSPS) is 13.5. The van der Waals surface area contributed by atoms with Crippen LogP contribution in [-0.4, -0.2) is 28.4 Å². The molecule has 0 saturated heterocycles. The third kappa shape index (κ3) is 11.4. The van der Waals surface area contributed by atoms with Gasteiger partial charge in [-0.2, -0.15) is 0 Å². The lowest BCUT2D eigenvalue weighted by molar-refractivity contribution is -0.137. The summed E-state index contributed by atoms with van der Waals surface area (Å²) in [7, 11) is -3.17. The maximum atomic E-state index is 12.8. The van der Waals surface area contributed by atoms with Gasteiger partial charge in [-0.1, -0.05) is 6.42 Å². The first-order valence-corrected chi connectivity index (χ1v) is 8.78. The SMILES string of the molecule is CC(C)(C)OP(=O)(CCCCCC(=O)O)OC(C)(C)C. The Bertz CT molecular complexity index is 332. The van der Waals surface area contributed by atoms with E-state index in [2.05, 4.69) is 0 Å². The van der Waals surface area contributed by atoms with Gasteiger partial charge in [0, 0.05) is 6.42 Å². The monoisotopic (exact) mass is 308 g/mol. The van der Waals surface area contributed by atoms with E-state index in [4.69, 9.17) is 14.2 Å². The summed E-state index contributed by atoms with van der Waals surface area (Å²) in [6.45, 7) is 11.1. The molecule has 0 aromatic heterocycles. The van der Waals surface area contributed by atoms with Crippen molar-refractivity contribution in [3.8, 4) is 0 Å². The van der Waals surface area contributed by atoms with E-state index in [0.717, 1.165) is 0 Å². The summed E-state index contributed by atoms with van der Waals surface area (Å²) in [5, 5.41) is 8.57. The van der Waals surface area contributed by atoms with Gasteiger partial charge in [0.05, 0.1) is 17.4 Å². The molecule has 120 valence electrons. The molecule has 0 bridgehead atoms. The standard InChI is InChI=1S/C14H29O5P/c1-13(2,3)18-20(17,19-14(4,5)6)11-9-7-8-10-12(15)16/h7-11H2,1-6H3,(H,15,16). The minimum absolute atomic E-state index is 0.143. The van der Waals surface area contributed by atoms with E-state index in [1.165, 1.54) is 0 Å². The summed E-state index contributed by atoms with van der Waals surface area (Å²) in [5.41, 5.74) is -1.08. The summed E-state index contributed by atoms with van der Waals surface area (Å²) >= 11 is 0. The van der Waals surface area contributed by atoms with E-state index in [-0.39, 0.29) is 6.42 Å². The molecule has 5 nitrogen and oxygen atoms in total. The molecule has 0 aliphatic rings. The van der Waals surface area contributed by atoms with Crippen LogP contribution in [0.5, 0.6) is 0 Å².